The first-order chi connectivity index (χ1) is 10.1. The predicted molar refractivity (Wildman–Crippen MR) is 75.1 cm³/mol. The Morgan fingerprint density at radius 1 is 1.52 bits per heavy atom. The van der Waals surface area contributed by atoms with E-state index >= 15 is 0 Å². The zero-order chi connectivity index (χ0) is 15.2. The number of carbonyl (C=O) groups excluding carboxylic acids is 1. The van der Waals surface area contributed by atoms with E-state index in [9.17, 15) is 9.59 Å². The van der Waals surface area contributed by atoms with Gasteiger partial charge in [-0.15, -0.1) is 6.58 Å². The van der Waals surface area contributed by atoms with E-state index in [4.69, 9.17) is 14.6 Å². The Balaban J connectivity index is 1.91. The van der Waals surface area contributed by atoms with Crippen molar-refractivity contribution in [1.82, 2.24) is 5.32 Å². The topological polar surface area (TPSA) is 84.9 Å². The van der Waals surface area contributed by atoms with Crippen LogP contribution in [0, 0.1) is 0 Å². The fourth-order valence-corrected chi connectivity index (χ4v) is 2.04. The van der Waals surface area contributed by atoms with Crippen molar-refractivity contribution in [2.45, 2.75) is 18.6 Å². The molecule has 6 heteroatoms. The maximum atomic E-state index is 12.1. The molecule has 0 saturated carbocycles. The molecule has 21 heavy (non-hydrogen) atoms. The normalized spacial score (nSPS) is 17.4. The Bertz CT molecular complexity index is 518. The summed E-state index contributed by atoms with van der Waals surface area (Å²) in [5, 5.41) is 11.5. The largest absolute Gasteiger partial charge is 0.480 e. The Labute approximate surface area is 122 Å². The van der Waals surface area contributed by atoms with E-state index in [1.807, 2.05) is 18.2 Å². The number of nitrogens with one attached hydrogen (secondary N) is 1. The number of aliphatic carboxylic acids is 1. The van der Waals surface area contributed by atoms with Crippen molar-refractivity contribution in [2.24, 2.45) is 0 Å². The molecule has 1 amide bonds. The monoisotopic (exact) mass is 291 g/mol. The standard InChI is InChI=1S/C15H17NO5/c1-2-7-20-9-11(15(18)19)16-14(17)13-8-10-5-3-4-6-12(10)21-13/h2-6,11,13H,1,7-9H2,(H,16,17)(H,18,19). The van der Waals surface area contributed by atoms with Crippen LogP contribution < -0.4 is 10.1 Å². The minimum atomic E-state index is -1.15. The summed E-state index contributed by atoms with van der Waals surface area (Å²) >= 11 is 0. The molecule has 0 aromatic heterocycles. The van der Waals surface area contributed by atoms with E-state index < -0.39 is 24.0 Å². The summed E-state index contributed by atoms with van der Waals surface area (Å²) in [6.45, 7) is 3.58. The van der Waals surface area contributed by atoms with Crippen LogP contribution in [0.1, 0.15) is 5.56 Å². The van der Waals surface area contributed by atoms with Crippen LogP contribution in [0.2, 0.25) is 0 Å². The highest BCUT2D eigenvalue weighted by Crippen LogP contribution is 2.28. The molecule has 1 aromatic rings. The van der Waals surface area contributed by atoms with Crippen LogP contribution in [0.15, 0.2) is 36.9 Å². The number of rotatable bonds is 7. The van der Waals surface area contributed by atoms with Gasteiger partial charge in [-0.25, -0.2) is 4.79 Å². The molecular weight excluding hydrogens is 274 g/mol. The van der Waals surface area contributed by atoms with Crippen molar-refractivity contribution in [1.29, 1.82) is 0 Å². The first-order valence-electron chi connectivity index (χ1n) is 6.58. The molecule has 2 unspecified atom stereocenters. The Morgan fingerprint density at radius 2 is 2.29 bits per heavy atom. The molecule has 0 radical (unpaired) electrons. The molecule has 2 N–H and O–H groups in total. The van der Waals surface area contributed by atoms with Gasteiger partial charge in [-0.05, 0) is 11.6 Å². The maximum absolute atomic E-state index is 12.1. The molecule has 0 fully saturated rings. The summed E-state index contributed by atoms with van der Waals surface area (Å²) in [6.07, 6.45) is 1.24. The Hall–Kier alpha value is -2.34. The minimum Gasteiger partial charge on any atom is -0.480 e. The molecule has 0 bridgehead atoms. The number of carboxylic acid groups (broad SMARTS) is 1. The van der Waals surface area contributed by atoms with Gasteiger partial charge in [0.05, 0.1) is 13.2 Å². The number of hydrogen-bond donors (Lipinski definition) is 2. The number of carboxylic acids is 1. The number of ether oxygens (including phenoxy) is 2. The predicted octanol–water partition coefficient (Wildman–Crippen LogP) is 0.762. The van der Waals surface area contributed by atoms with Gasteiger partial charge < -0.3 is 19.9 Å². The molecular formula is C15H17NO5. The average molecular weight is 291 g/mol. The second kappa shape index (κ2) is 6.90. The quantitative estimate of drug-likeness (QED) is 0.572. The van der Waals surface area contributed by atoms with Crippen molar-refractivity contribution in [3.63, 3.8) is 0 Å². The van der Waals surface area contributed by atoms with E-state index in [0.717, 1.165) is 5.56 Å². The lowest BCUT2D eigenvalue weighted by molar-refractivity contribution is -0.144. The number of amides is 1. The Kier molecular flexibility index (Phi) is 4.94. The summed E-state index contributed by atoms with van der Waals surface area (Å²) in [6, 6.07) is 6.24. The minimum absolute atomic E-state index is 0.118. The number of hydrogen-bond acceptors (Lipinski definition) is 4. The van der Waals surface area contributed by atoms with Gasteiger partial charge in [0.25, 0.3) is 5.91 Å². The second-order valence-corrected chi connectivity index (χ2v) is 4.64. The van der Waals surface area contributed by atoms with Crippen molar-refractivity contribution >= 4 is 11.9 Å². The van der Waals surface area contributed by atoms with Crippen LogP contribution in [0.3, 0.4) is 0 Å². The summed E-state index contributed by atoms with van der Waals surface area (Å²) in [5.41, 5.74) is 0.937. The molecule has 1 heterocycles. The lowest BCUT2D eigenvalue weighted by Gasteiger charge is -2.17. The molecule has 0 spiro atoms. The van der Waals surface area contributed by atoms with Gasteiger partial charge in [0.2, 0.25) is 0 Å². The third-order valence-electron chi connectivity index (χ3n) is 3.07. The van der Waals surface area contributed by atoms with Gasteiger partial charge in [0.15, 0.2) is 12.1 Å². The van der Waals surface area contributed by atoms with Crippen molar-refractivity contribution in [2.75, 3.05) is 13.2 Å². The molecule has 1 aliphatic heterocycles. The van der Waals surface area contributed by atoms with Crippen LogP contribution >= 0.6 is 0 Å². The van der Waals surface area contributed by atoms with Gasteiger partial charge in [0.1, 0.15) is 5.75 Å². The van der Waals surface area contributed by atoms with Crippen molar-refractivity contribution in [3.8, 4) is 5.75 Å². The molecule has 112 valence electrons. The van der Waals surface area contributed by atoms with E-state index in [-0.39, 0.29) is 13.2 Å². The lowest BCUT2D eigenvalue weighted by atomic mass is 10.1. The SMILES string of the molecule is C=CCOCC(NC(=O)C1Cc2ccccc2O1)C(=O)O. The van der Waals surface area contributed by atoms with Crippen molar-refractivity contribution in [3.05, 3.63) is 42.5 Å². The molecule has 6 nitrogen and oxygen atoms in total. The van der Waals surface area contributed by atoms with Crippen LogP contribution in [0.25, 0.3) is 0 Å². The van der Waals surface area contributed by atoms with Gasteiger partial charge in [-0.1, -0.05) is 24.3 Å². The van der Waals surface area contributed by atoms with E-state index in [0.29, 0.717) is 12.2 Å². The highest BCUT2D eigenvalue weighted by atomic mass is 16.5. The number of carbonyl (C=O) groups is 2. The number of fused-ring (bicyclic) bond motifs is 1. The summed E-state index contributed by atoms with van der Waals surface area (Å²) in [5.74, 6) is -0.948. The average Bonchev–Trinajstić information content (AvgIpc) is 2.90. The highest BCUT2D eigenvalue weighted by Gasteiger charge is 2.31. The molecule has 0 aliphatic carbocycles. The fraction of sp³-hybridized carbons (Fsp3) is 0.333. The molecule has 1 aliphatic rings. The Morgan fingerprint density at radius 3 is 2.95 bits per heavy atom. The number of para-hydroxylation sites is 1. The zero-order valence-electron chi connectivity index (χ0n) is 11.5. The van der Waals surface area contributed by atoms with Crippen LogP contribution in [0.5, 0.6) is 5.75 Å². The summed E-state index contributed by atoms with van der Waals surface area (Å²) in [7, 11) is 0. The molecule has 0 saturated heterocycles. The molecule has 2 atom stereocenters. The van der Waals surface area contributed by atoms with Gasteiger partial charge in [0, 0.05) is 6.42 Å². The third kappa shape index (κ3) is 3.82. The first kappa shape index (κ1) is 15.1. The van der Waals surface area contributed by atoms with Gasteiger partial charge >= 0.3 is 5.97 Å². The zero-order valence-corrected chi connectivity index (χ0v) is 11.5. The maximum Gasteiger partial charge on any atom is 0.328 e. The fourth-order valence-electron chi connectivity index (χ4n) is 2.04. The molecule has 1 aromatic carbocycles. The van der Waals surface area contributed by atoms with Crippen LogP contribution in [-0.2, 0) is 20.7 Å². The van der Waals surface area contributed by atoms with Gasteiger partial charge in [-0.3, -0.25) is 4.79 Å². The summed E-state index contributed by atoms with van der Waals surface area (Å²) in [4.78, 5) is 23.2. The number of benzene rings is 1. The van der Waals surface area contributed by atoms with E-state index in [2.05, 4.69) is 11.9 Å². The first-order valence-corrected chi connectivity index (χ1v) is 6.58. The van der Waals surface area contributed by atoms with Crippen LogP contribution in [-0.4, -0.2) is 42.3 Å². The van der Waals surface area contributed by atoms with Crippen molar-refractivity contribution < 1.29 is 24.2 Å². The highest BCUT2D eigenvalue weighted by molar-refractivity contribution is 5.87. The second-order valence-electron chi connectivity index (χ2n) is 4.64. The van der Waals surface area contributed by atoms with Crippen LogP contribution in [0.4, 0.5) is 0 Å². The smallest absolute Gasteiger partial charge is 0.328 e. The van der Waals surface area contributed by atoms with E-state index in [1.54, 1.807) is 6.07 Å². The summed E-state index contributed by atoms with van der Waals surface area (Å²) < 4.78 is 10.6. The van der Waals surface area contributed by atoms with Gasteiger partial charge in [-0.2, -0.15) is 0 Å². The third-order valence-corrected chi connectivity index (χ3v) is 3.07. The van der Waals surface area contributed by atoms with E-state index in [1.165, 1.54) is 6.08 Å². The molecule has 2 rings (SSSR count). The lowest BCUT2D eigenvalue weighted by Crippen LogP contribution is -2.49.